The van der Waals surface area contributed by atoms with Gasteiger partial charge in [0.2, 0.25) is 0 Å². The third kappa shape index (κ3) is 4.02. The minimum Gasteiger partial charge on any atom is -0.464 e. The second kappa shape index (κ2) is 7.59. The Morgan fingerprint density at radius 2 is 1.52 bits per heavy atom. The number of carbonyl (C=O) groups is 1. The van der Waals surface area contributed by atoms with E-state index in [0.29, 0.717) is 10.1 Å². The van der Waals surface area contributed by atoms with Crippen molar-refractivity contribution in [1.29, 1.82) is 0 Å². The van der Waals surface area contributed by atoms with Gasteiger partial charge in [-0.2, -0.15) is 4.42 Å². The fourth-order valence-corrected chi connectivity index (χ4v) is 2.40. The molecule has 124 valence electrons. The first-order valence-electron chi connectivity index (χ1n) is 7.48. The molecule has 2 aromatic carbocycles. The summed E-state index contributed by atoms with van der Waals surface area (Å²) in [7, 11) is 0. The zero-order chi connectivity index (χ0) is 17.6. The summed E-state index contributed by atoms with van der Waals surface area (Å²) in [6.07, 6.45) is 1.64. The van der Waals surface area contributed by atoms with Gasteiger partial charge < -0.3 is 5.11 Å². The Kier molecular flexibility index (Phi) is 5.06. The van der Waals surface area contributed by atoms with Gasteiger partial charge in [0.15, 0.2) is 0 Å². The average Bonchev–Trinajstić information content (AvgIpc) is 2.67. The average molecular weight is 352 g/mol. The minimum absolute atomic E-state index is 0.232. The maximum absolute atomic E-state index is 11.0. The van der Waals surface area contributed by atoms with Crippen molar-refractivity contribution in [3.05, 3.63) is 90.3 Å². The Morgan fingerprint density at radius 3 is 2.04 bits per heavy atom. The fourth-order valence-electron chi connectivity index (χ4n) is 2.31. The van der Waals surface area contributed by atoms with Crippen LogP contribution >= 0.6 is 11.8 Å². The standard InChI is InChI=1S/C19H14ClN3O2/c20-23(19(24)25)17-11-16(12-21-13-17)22-18(14-7-3-1-4-8-14)15-9-5-2-6-10-15/h1-13H,(H,24,25). The van der Waals surface area contributed by atoms with E-state index in [1.165, 1.54) is 6.20 Å². The third-order valence-electron chi connectivity index (χ3n) is 3.44. The van der Waals surface area contributed by atoms with E-state index >= 15 is 0 Å². The second-order valence-electron chi connectivity index (χ2n) is 5.16. The summed E-state index contributed by atoms with van der Waals surface area (Å²) in [5.74, 6) is 0. The van der Waals surface area contributed by atoms with Crippen LogP contribution in [0.25, 0.3) is 0 Å². The smallest absolute Gasteiger partial charge is 0.426 e. The highest BCUT2D eigenvalue weighted by atomic mass is 35.5. The molecule has 0 aliphatic rings. The first-order chi connectivity index (χ1) is 12.1. The van der Waals surface area contributed by atoms with Crippen LogP contribution in [-0.4, -0.2) is 21.9 Å². The Balaban J connectivity index is 2.08. The Bertz CT molecular complexity index is 857. The van der Waals surface area contributed by atoms with Crippen molar-refractivity contribution in [2.75, 3.05) is 4.42 Å². The van der Waals surface area contributed by atoms with Crippen LogP contribution in [0.1, 0.15) is 11.1 Å². The molecular weight excluding hydrogens is 338 g/mol. The number of aromatic nitrogens is 1. The molecule has 1 heterocycles. The fraction of sp³-hybridized carbons (Fsp3) is 0. The van der Waals surface area contributed by atoms with Crippen LogP contribution in [0.15, 0.2) is 84.1 Å². The molecule has 0 fully saturated rings. The summed E-state index contributed by atoms with van der Waals surface area (Å²) in [6, 6.07) is 21.1. The van der Waals surface area contributed by atoms with Crippen molar-refractivity contribution >= 4 is 35.0 Å². The number of halogens is 1. The van der Waals surface area contributed by atoms with Gasteiger partial charge >= 0.3 is 6.09 Å². The zero-order valence-electron chi connectivity index (χ0n) is 13.1. The molecule has 6 heteroatoms. The number of rotatable bonds is 4. The number of nitrogens with zero attached hydrogens (tertiary/aromatic N) is 3. The maximum atomic E-state index is 11.0. The van der Waals surface area contributed by atoms with E-state index in [1.807, 2.05) is 60.7 Å². The largest absolute Gasteiger partial charge is 0.464 e. The maximum Gasteiger partial charge on any atom is 0.426 e. The first kappa shape index (κ1) is 16.7. The quantitative estimate of drug-likeness (QED) is 0.537. The lowest BCUT2D eigenvalue weighted by molar-refractivity contribution is 0.206. The highest BCUT2D eigenvalue weighted by Crippen LogP contribution is 2.23. The van der Waals surface area contributed by atoms with Gasteiger partial charge in [-0.3, -0.25) is 4.98 Å². The Morgan fingerprint density at radius 1 is 0.960 bits per heavy atom. The molecule has 3 aromatic rings. The monoisotopic (exact) mass is 351 g/mol. The number of hydrogen-bond acceptors (Lipinski definition) is 3. The molecule has 0 atom stereocenters. The molecule has 0 radical (unpaired) electrons. The molecule has 0 spiro atoms. The van der Waals surface area contributed by atoms with E-state index in [4.69, 9.17) is 16.9 Å². The normalized spacial score (nSPS) is 10.1. The lowest BCUT2D eigenvalue weighted by Gasteiger charge is -2.10. The van der Waals surface area contributed by atoms with E-state index in [9.17, 15) is 4.79 Å². The minimum atomic E-state index is -1.28. The molecule has 0 aliphatic carbocycles. The predicted octanol–water partition coefficient (Wildman–Crippen LogP) is 4.89. The molecule has 0 aliphatic heterocycles. The topological polar surface area (TPSA) is 65.8 Å². The van der Waals surface area contributed by atoms with Gasteiger partial charge in [0.25, 0.3) is 0 Å². The van der Waals surface area contributed by atoms with Crippen LogP contribution in [0.2, 0.25) is 0 Å². The summed E-state index contributed by atoms with van der Waals surface area (Å²) in [4.78, 5) is 19.7. The summed E-state index contributed by atoms with van der Waals surface area (Å²) in [6.45, 7) is 0. The molecule has 5 nitrogen and oxygen atoms in total. The first-order valence-corrected chi connectivity index (χ1v) is 7.82. The molecule has 1 N–H and O–H groups in total. The van der Waals surface area contributed by atoms with Gasteiger partial charge in [-0.15, -0.1) is 0 Å². The lowest BCUT2D eigenvalue weighted by atomic mass is 10.0. The van der Waals surface area contributed by atoms with Gasteiger partial charge in [-0.05, 0) is 6.07 Å². The molecule has 0 bridgehead atoms. The van der Waals surface area contributed by atoms with Crippen molar-refractivity contribution in [2.24, 2.45) is 4.99 Å². The van der Waals surface area contributed by atoms with Gasteiger partial charge in [0, 0.05) is 22.9 Å². The summed E-state index contributed by atoms with van der Waals surface area (Å²) < 4.78 is 0.580. The van der Waals surface area contributed by atoms with Crippen molar-refractivity contribution in [3.63, 3.8) is 0 Å². The van der Waals surface area contributed by atoms with Crippen molar-refractivity contribution in [1.82, 2.24) is 4.98 Å². The summed E-state index contributed by atoms with van der Waals surface area (Å²) in [5, 5.41) is 8.99. The van der Waals surface area contributed by atoms with Crippen LogP contribution < -0.4 is 4.42 Å². The number of benzene rings is 2. The van der Waals surface area contributed by atoms with E-state index in [1.54, 1.807) is 12.3 Å². The Hall–Kier alpha value is -3.18. The summed E-state index contributed by atoms with van der Waals surface area (Å²) >= 11 is 5.73. The van der Waals surface area contributed by atoms with Crippen LogP contribution in [0, 0.1) is 0 Å². The van der Waals surface area contributed by atoms with Gasteiger partial charge in [0.1, 0.15) is 0 Å². The highest BCUT2D eigenvalue weighted by Gasteiger charge is 2.13. The second-order valence-corrected chi connectivity index (χ2v) is 5.50. The third-order valence-corrected chi connectivity index (χ3v) is 3.78. The number of pyridine rings is 1. The van der Waals surface area contributed by atoms with Crippen LogP contribution in [0.5, 0.6) is 0 Å². The number of amides is 1. The molecule has 0 saturated heterocycles. The number of carboxylic acid groups (broad SMARTS) is 1. The van der Waals surface area contributed by atoms with E-state index in [2.05, 4.69) is 9.98 Å². The van der Waals surface area contributed by atoms with Crippen molar-refractivity contribution < 1.29 is 9.90 Å². The van der Waals surface area contributed by atoms with Crippen LogP contribution in [0.3, 0.4) is 0 Å². The van der Waals surface area contributed by atoms with Crippen LogP contribution in [-0.2, 0) is 0 Å². The van der Waals surface area contributed by atoms with Gasteiger partial charge in [0.05, 0.1) is 29.5 Å². The predicted molar refractivity (Wildman–Crippen MR) is 98.8 cm³/mol. The lowest BCUT2D eigenvalue weighted by Crippen LogP contribution is -2.17. The summed E-state index contributed by atoms with van der Waals surface area (Å²) in [5.41, 5.74) is 3.39. The molecule has 0 unspecified atom stereocenters. The van der Waals surface area contributed by atoms with Crippen LogP contribution in [0.4, 0.5) is 16.2 Å². The molecule has 0 saturated carbocycles. The number of hydrogen-bond donors (Lipinski definition) is 1. The molecule has 25 heavy (non-hydrogen) atoms. The van der Waals surface area contributed by atoms with Crippen molar-refractivity contribution in [2.45, 2.75) is 0 Å². The van der Waals surface area contributed by atoms with E-state index < -0.39 is 6.09 Å². The van der Waals surface area contributed by atoms with Gasteiger partial charge in [-0.25, -0.2) is 9.79 Å². The van der Waals surface area contributed by atoms with Crippen molar-refractivity contribution in [3.8, 4) is 0 Å². The molecule has 3 rings (SSSR count). The number of aliphatic imine (C=N–C) groups is 1. The van der Waals surface area contributed by atoms with E-state index in [0.717, 1.165) is 16.8 Å². The zero-order valence-corrected chi connectivity index (χ0v) is 13.8. The highest BCUT2D eigenvalue weighted by molar-refractivity contribution is 6.35. The number of anilines is 1. The van der Waals surface area contributed by atoms with E-state index in [-0.39, 0.29) is 5.69 Å². The van der Waals surface area contributed by atoms with Gasteiger partial charge in [-0.1, -0.05) is 60.7 Å². The molecule has 1 amide bonds. The SMILES string of the molecule is O=C(O)N(Cl)c1cncc(N=C(c2ccccc2)c2ccccc2)c1. The molecule has 1 aromatic heterocycles. The molecular formula is C19H14ClN3O2. The Labute approximate surface area is 150 Å².